The third kappa shape index (κ3) is 3.96. The van der Waals surface area contributed by atoms with Gasteiger partial charge in [-0.2, -0.15) is 13.2 Å². The summed E-state index contributed by atoms with van der Waals surface area (Å²) in [4.78, 5) is 22.0. The molecule has 10 heteroatoms. The Morgan fingerprint density at radius 1 is 1.12 bits per heavy atom. The molecule has 1 N–H and O–H groups in total. The minimum atomic E-state index is -4.42. The summed E-state index contributed by atoms with van der Waals surface area (Å²) >= 11 is 0. The molecule has 7 nitrogen and oxygen atoms in total. The summed E-state index contributed by atoms with van der Waals surface area (Å²) in [7, 11) is 0. The molecule has 0 spiro atoms. The van der Waals surface area contributed by atoms with Crippen molar-refractivity contribution in [1.29, 1.82) is 0 Å². The van der Waals surface area contributed by atoms with E-state index < -0.39 is 11.7 Å². The van der Waals surface area contributed by atoms with Gasteiger partial charge in [-0.05, 0) is 24.3 Å². The van der Waals surface area contributed by atoms with Crippen molar-refractivity contribution in [2.24, 2.45) is 0 Å². The van der Waals surface area contributed by atoms with E-state index in [1.165, 1.54) is 12.1 Å². The van der Waals surface area contributed by atoms with Crippen molar-refractivity contribution in [1.82, 2.24) is 20.0 Å². The molecule has 4 heterocycles. The lowest BCUT2D eigenvalue weighted by atomic mass is 10.1. The Balaban J connectivity index is 1.33. The van der Waals surface area contributed by atoms with E-state index in [1.54, 1.807) is 24.5 Å². The van der Waals surface area contributed by atoms with Crippen molar-refractivity contribution >= 4 is 0 Å². The van der Waals surface area contributed by atoms with Crippen LogP contribution in [-0.2, 0) is 25.7 Å². The molecule has 0 bridgehead atoms. The van der Waals surface area contributed by atoms with E-state index in [2.05, 4.69) is 20.0 Å². The fraction of sp³-hybridized carbons (Fsp3) is 0.227. The van der Waals surface area contributed by atoms with Crippen LogP contribution in [-0.4, -0.2) is 26.6 Å². The van der Waals surface area contributed by atoms with Gasteiger partial charge in [-0.25, -0.2) is 4.98 Å². The van der Waals surface area contributed by atoms with Crippen molar-refractivity contribution in [3.63, 3.8) is 0 Å². The first-order chi connectivity index (χ1) is 15.4. The maximum absolute atomic E-state index is 12.8. The predicted octanol–water partition coefficient (Wildman–Crippen LogP) is 4.26. The molecule has 32 heavy (non-hydrogen) atoms. The van der Waals surface area contributed by atoms with Gasteiger partial charge >= 0.3 is 6.18 Å². The summed E-state index contributed by atoms with van der Waals surface area (Å²) in [6.07, 6.45) is -2.33. The number of nitrogens with one attached hydrogen (secondary N) is 1. The molecule has 5 rings (SSSR count). The molecule has 0 radical (unpaired) electrons. The maximum Gasteiger partial charge on any atom is 0.416 e. The summed E-state index contributed by atoms with van der Waals surface area (Å²) in [6.45, 7) is 1.52. The van der Waals surface area contributed by atoms with Crippen LogP contribution in [0.1, 0.15) is 22.5 Å². The standard InChI is InChI=1S/C22H17F3N4O3/c23-22(24,25)14-5-3-13(4-6-14)20-26-17-7-8-29(12-16(17)21(30)27-20)11-15-10-19(32-28-15)18-2-1-9-31-18/h1-6,9-10H,7-8,11-12H2,(H,26,27,30). The first kappa shape index (κ1) is 20.3. The zero-order valence-electron chi connectivity index (χ0n) is 16.6. The molecular formula is C22H17F3N4O3. The van der Waals surface area contributed by atoms with Crippen LogP contribution in [0.2, 0.25) is 0 Å². The normalized spacial score (nSPS) is 14.5. The van der Waals surface area contributed by atoms with Crippen LogP contribution >= 0.6 is 0 Å². The highest BCUT2D eigenvalue weighted by atomic mass is 19.4. The number of H-pyrrole nitrogens is 1. The second kappa shape index (κ2) is 7.79. The number of nitrogens with zero attached hydrogens (tertiary/aromatic N) is 3. The van der Waals surface area contributed by atoms with Crippen LogP contribution in [0.5, 0.6) is 0 Å². The van der Waals surface area contributed by atoms with Crippen molar-refractivity contribution in [3.05, 3.63) is 81.6 Å². The molecule has 1 aliphatic rings. The molecule has 0 unspecified atom stereocenters. The number of rotatable bonds is 4. The monoisotopic (exact) mass is 442 g/mol. The zero-order chi connectivity index (χ0) is 22.3. The molecule has 4 aromatic rings. The molecule has 1 aliphatic heterocycles. The maximum atomic E-state index is 12.8. The molecule has 164 valence electrons. The topological polar surface area (TPSA) is 88.2 Å². The summed E-state index contributed by atoms with van der Waals surface area (Å²) < 4.78 is 49.0. The van der Waals surface area contributed by atoms with Crippen LogP contribution < -0.4 is 5.56 Å². The number of fused-ring (bicyclic) bond motifs is 1. The Bertz CT molecular complexity index is 1290. The third-order valence-corrected chi connectivity index (χ3v) is 5.34. The molecular weight excluding hydrogens is 425 g/mol. The van der Waals surface area contributed by atoms with Crippen LogP contribution in [0.4, 0.5) is 13.2 Å². The lowest BCUT2D eigenvalue weighted by Crippen LogP contribution is -2.35. The Morgan fingerprint density at radius 3 is 2.66 bits per heavy atom. The summed E-state index contributed by atoms with van der Waals surface area (Å²) in [5, 5.41) is 4.06. The SMILES string of the molecule is O=c1[nH]c(-c2ccc(C(F)(F)F)cc2)nc2c1CN(Cc1cc(-c3ccco3)on1)CC2. The molecule has 0 aliphatic carbocycles. The second-order valence-electron chi connectivity index (χ2n) is 7.54. The minimum Gasteiger partial charge on any atom is -0.461 e. The molecule has 0 saturated carbocycles. The largest absolute Gasteiger partial charge is 0.461 e. The zero-order valence-corrected chi connectivity index (χ0v) is 16.6. The van der Waals surface area contributed by atoms with Crippen molar-refractivity contribution in [2.75, 3.05) is 6.54 Å². The van der Waals surface area contributed by atoms with Gasteiger partial charge < -0.3 is 13.9 Å². The van der Waals surface area contributed by atoms with Crippen LogP contribution in [0.3, 0.4) is 0 Å². The Kier molecular flexibility index (Phi) is 4.93. The predicted molar refractivity (Wildman–Crippen MR) is 107 cm³/mol. The molecule has 0 saturated heterocycles. The molecule has 3 aromatic heterocycles. The van der Waals surface area contributed by atoms with Gasteiger partial charge in [0.15, 0.2) is 5.76 Å². The van der Waals surface area contributed by atoms with E-state index in [-0.39, 0.29) is 11.4 Å². The van der Waals surface area contributed by atoms with Crippen LogP contribution in [0.25, 0.3) is 22.9 Å². The smallest absolute Gasteiger partial charge is 0.416 e. The van der Waals surface area contributed by atoms with Crippen LogP contribution in [0, 0.1) is 0 Å². The number of alkyl halides is 3. The lowest BCUT2D eigenvalue weighted by Gasteiger charge is -2.26. The van der Waals surface area contributed by atoms with Gasteiger partial charge in [-0.3, -0.25) is 9.69 Å². The fourth-order valence-corrected chi connectivity index (χ4v) is 3.72. The Hall–Kier alpha value is -3.66. The van der Waals surface area contributed by atoms with E-state index in [0.717, 1.165) is 12.1 Å². The van der Waals surface area contributed by atoms with E-state index in [4.69, 9.17) is 8.94 Å². The van der Waals surface area contributed by atoms with Gasteiger partial charge in [0.05, 0.1) is 28.8 Å². The number of hydrogen-bond donors (Lipinski definition) is 1. The highest BCUT2D eigenvalue weighted by molar-refractivity contribution is 5.56. The van der Waals surface area contributed by atoms with Gasteiger partial charge in [-0.15, -0.1) is 0 Å². The molecule has 0 amide bonds. The minimum absolute atomic E-state index is 0.260. The average Bonchev–Trinajstić information content (AvgIpc) is 3.45. The summed E-state index contributed by atoms with van der Waals surface area (Å²) in [5.41, 5.74) is 1.28. The number of halogens is 3. The number of aromatic nitrogens is 3. The summed E-state index contributed by atoms with van der Waals surface area (Å²) in [5.74, 6) is 1.38. The quantitative estimate of drug-likeness (QED) is 0.508. The second-order valence-corrected chi connectivity index (χ2v) is 7.54. The van der Waals surface area contributed by atoms with Gasteiger partial charge in [0.2, 0.25) is 5.76 Å². The summed E-state index contributed by atoms with van der Waals surface area (Å²) in [6, 6.07) is 9.91. The van der Waals surface area contributed by atoms with Crippen LogP contribution in [0.15, 0.2) is 62.5 Å². The van der Waals surface area contributed by atoms with Gasteiger partial charge in [0.25, 0.3) is 5.56 Å². The van der Waals surface area contributed by atoms with E-state index in [1.807, 2.05) is 0 Å². The molecule has 0 fully saturated rings. The van der Waals surface area contributed by atoms with E-state index in [9.17, 15) is 18.0 Å². The number of furan rings is 1. The Labute approximate surface area is 179 Å². The first-order valence-electron chi connectivity index (χ1n) is 9.88. The number of hydrogen-bond acceptors (Lipinski definition) is 6. The first-order valence-corrected chi connectivity index (χ1v) is 9.88. The van der Waals surface area contributed by atoms with E-state index >= 15 is 0 Å². The van der Waals surface area contributed by atoms with Crippen molar-refractivity contribution in [3.8, 4) is 22.9 Å². The molecule has 0 atom stereocenters. The lowest BCUT2D eigenvalue weighted by molar-refractivity contribution is -0.137. The third-order valence-electron chi connectivity index (χ3n) is 5.34. The number of benzene rings is 1. The fourth-order valence-electron chi connectivity index (χ4n) is 3.72. The average molecular weight is 442 g/mol. The number of aromatic amines is 1. The Morgan fingerprint density at radius 2 is 1.94 bits per heavy atom. The van der Waals surface area contributed by atoms with E-state index in [0.29, 0.717) is 60.1 Å². The highest BCUT2D eigenvalue weighted by Crippen LogP contribution is 2.30. The van der Waals surface area contributed by atoms with Gasteiger partial charge in [-0.1, -0.05) is 17.3 Å². The van der Waals surface area contributed by atoms with Crippen molar-refractivity contribution < 1.29 is 22.1 Å². The highest BCUT2D eigenvalue weighted by Gasteiger charge is 2.30. The van der Waals surface area contributed by atoms with Crippen molar-refractivity contribution in [2.45, 2.75) is 25.7 Å². The van der Waals surface area contributed by atoms with Gasteiger partial charge in [0.1, 0.15) is 5.82 Å². The molecule has 1 aromatic carbocycles. The van der Waals surface area contributed by atoms with Gasteiger partial charge in [0, 0.05) is 37.7 Å².